The molecule has 0 saturated carbocycles. The lowest BCUT2D eigenvalue weighted by Crippen LogP contribution is -2.27. The number of aliphatic hydroxyl groups excluding tert-OH is 1. The first-order valence-electron chi connectivity index (χ1n) is 23.6. The van der Waals surface area contributed by atoms with Gasteiger partial charge in [-0.25, -0.2) is 0 Å². The van der Waals surface area contributed by atoms with Crippen LogP contribution >= 0.6 is 0 Å². The molecular formula is C49H92O4. The van der Waals surface area contributed by atoms with Crippen LogP contribution in [0.2, 0.25) is 0 Å². The molecule has 0 radical (unpaired) electrons. The Kier molecular flexibility index (Phi) is 45.5. The Balaban J connectivity index is 3.38. The van der Waals surface area contributed by atoms with Crippen molar-refractivity contribution >= 4 is 5.97 Å². The van der Waals surface area contributed by atoms with E-state index in [1.165, 1.54) is 186 Å². The largest absolute Gasteiger partial charge is 0.457 e. The molecule has 0 aromatic heterocycles. The number of rotatable bonds is 44. The van der Waals surface area contributed by atoms with E-state index in [1.807, 2.05) is 0 Å². The van der Waals surface area contributed by atoms with Crippen LogP contribution in [-0.2, 0) is 14.3 Å². The van der Waals surface area contributed by atoms with Crippen LogP contribution in [0.5, 0.6) is 0 Å². The Labute approximate surface area is 331 Å². The molecule has 4 heteroatoms. The molecule has 0 aliphatic carbocycles. The highest BCUT2D eigenvalue weighted by atomic mass is 16.6. The minimum atomic E-state index is -0.536. The monoisotopic (exact) mass is 745 g/mol. The summed E-state index contributed by atoms with van der Waals surface area (Å²) in [5.74, 6) is -0.199. The van der Waals surface area contributed by atoms with Crippen molar-refractivity contribution in [2.45, 2.75) is 251 Å². The van der Waals surface area contributed by atoms with Gasteiger partial charge in [0.05, 0.1) is 13.2 Å². The molecule has 1 N–H and O–H groups in total. The molecular weight excluding hydrogens is 653 g/mol. The predicted molar refractivity (Wildman–Crippen MR) is 233 cm³/mol. The SMILES string of the molecule is CC/C=C\C/C=C\C/C=C\CCCCCCCCCCOCC(CO)OC(=O)CCCCCCCCCCCCCCCCCCCCCCCCC. The highest BCUT2D eigenvalue weighted by molar-refractivity contribution is 5.69. The lowest BCUT2D eigenvalue weighted by atomic mass is 10.0. The van der Waals surface area contributed by atoms with Gasteiger partial charge >= 0.3 is 5.97 Å². The molecule has 53 heavy (non-hydrogen) atoms. The third-order valence-electron chi connectivity index (χ3n) is 10.5. The molecule has 0 aliphatic heterocycles. The first-order valence-corrected chi connectivity index (χ1v) is 23.6. The average molecular weight is 745 g/mol. The van der Waals surface area contributed by atoms with Crippen LogP contribution in [0.4, 0.5) is 0 Å². The van der Waals surface area contributed by atoms with Crippen LogP contribution < -0.4 is 0 Å². The van der Waals surface area contributed by atoms with Crippen molar-refractivity contribution in [2.75, 3.05) is 19.8 Å². The molecule has 1 atom stereocenters. The summed E-state index contributed by atoms with van der Waals surface area (Å²) in [4.78, 5) is 12.2. The van der Waals surface area contributed by atoms with Crippen LogP contribution in [0.1, 0.15) is 245 Å². The third kappa shape index (κ3) is 44.9. The average Bonchev–Trinajstić information content (AvgIpc) is 3.16. The van der Waals surface area contributed by atoms with Crippen LogP contribution in [0.15, 0.2) is 36.5 Å². The molecule has 0 heterocycles. The quantitative estimate of drug-likeness (QED) is 0.0383. The lowest BCUT2D eigenvalue weighted by molar-refractivity contribution is -0.154. The van der Waals surface area contributed by atoms with Crippen molar-refractivity contribution in [3.05, 3.63) is 36.5 Å². The van der Waals surface area contributed by atoms with Crippen molar-refractivity contribution in [3.8, 4) is 0 Å². The molecule has 0 aliphatic rings. The fourth-order valence-electron chi connectivity index (χ4n) is 6.99. The van der Waals surface area contributed by atoms with E-state index >= 15 is 0 Å². The number of esters is 1. The Hall–Kier alpha value is -1.39. The van der Waals surface area contributed by atoms with Crippen LogP contribution in [0.25, 0.3) is 0 Å². The Morgan fingerprint density at radius 3 is 1.28 bits per heavy atom. The molecule has 4 nitrogen and oxygen atoms in total. The minimum Gasteiger partial charge on any atom is -0.457 e. The molecule has 0 saturated heterocycles. The van der Waals surface area contributed by atoms with E-state index < -0.39 is 6.10 Å². The summed E-state index contributed by atoms with van der Waals surface area (Å²) in [5, 5.41) is 9.62. The second kappa shape index (κ2) is 46.8. The van der Waals surface area contributed by atoms with E-state index in [9.17, 15) is 9.90 Å². The van der Waals surface area contributed by atoms with E-state index in [4.69, 9.17) is 9.47 Å². The maximum Gasteiger partial charge on any atom is 0.306 e. The Morgan fingerprint density at radius 1 is 0.472 bits per heavy atom. The van der Waals surface area contributed by atoms with E-state index in [1.54, 1.807) is 0 Å². The summed E-state index contributed by atoms with van der Waals surface area (Å²) in [5.41, 5.74) is 0. The fraction of sp³-hybridized carbons (Fsp3) is 0.857. The van der Waals surface area contributed by atoms with Gasteiger partial charge in [0.25, 0.3) is 0 Å². The number of unbranched alkanes of at least 4 members (excludes halogenated alkanes) is 30. The molecule has 312 valence electrons. The van der Waals surface area contributed by atoms with Crippen molar-refractivity contribution in [3.63, 3.8) is 0 Å². The maximum atomic E-state index is 12.2. The van der Waals surface area contributed by atoms with Gasteiger partial charge in [-0.3, -0.25) is 4.79 Å². The van der Waals surface area contributed by atoms with Gasteiger partial charge in [-0.15, -0.1) is 0 Å². The summed E-state index contributed by atoms with van der Waals surface area (Å²) in [7, 11) is 0. The topological polar surface area (TPSA) is 55.8 Å². The number of hydrogen-bond donors (Lipinski definition) is 1. The van der Waals surface area contributed by atoms with Crippen molar-refractivity contribution in [2.24, 2.45) is 0 Å². The first-order chi connectivity index (χ1) is 26.2. The Morgan fingerprint density at radius 2 is 0.849 bits per heavy atom. The van der Waals surface area contributed by atoms with E-state index in [-0.39, 0.29) is 12.6 Å². The van der Waals surface area contributed by atoms with E-state index in [2.05, 4.69) is 50.3 Å². The Bertz CT molecular complexity index is 787. The van der Waals surface area contributed by atoms with Crippen molar-refractivity contribution in [1.29, 1.82) is 0 Å². The predicted octanol–water partition coefficient (Wildman–Crippen LogP) is 15.7. The standard InChI is InChI=1S/C49H92O4/c1-3-5-7-9-11-13-15-17-19-21-23-24-25-26-27-28-30-32-34-36-38-40-42-44-49(51)53-48(46-50)47-52-45-43-41-39-37-35-33-31-29-22-20-18-16-14-12-10-8-6-4-2/h6,8,12,14,18,20,48,50H,3-5,7,9-11,13,15-17,19,21-47H2,1-2H3/b8-6-,14-12-,20-18-. The number of allylic oxidation sites excluding steroid dienone is 6. The number of carbonyl (C=O) groups is 1. The molecule has 0 rings (SSSR count). The van der Waals surface area contributed by atoms with Crippen molar-refractivity contribution < 1.29 is 19.4 Å². The van der Waals surface area contributed by atoms with Gasteiger partial charge in [-0.05, 0) is 44.9 Å². The number of carbonyl (C=O) groups excluding carboxylic acids is 1. The molecule has 0 aromatic carbocycles. The third-order valence-corrected chi connectivity index (χ3v) is 10.5. The zero-order valence-corrected chi connectivity index (χ0v) is 35.8. The minimum absolute atomic E-state index is 0.172. The van der Waals surface area contributed by atoms with Gasteiger partial charge in [-0.1, -0.05) is 230 Å². The summed E-state index contributed by atoms with van der Waals surface area (Å²) in [6.07, 6.45) is 59.4. The summed E-state index contributed by atoms with van der Waals surface area (Å²) in [6, 6.07) is 0. The van der Waals surface area contributed by atoms with Crippen LogP contribution in [-0.4, -0.2) is 37.0 Å². The highest BCUT2D eigenvalue weighted by Gasteiger charge is 2.13. The number of ether oxygens (including phenoxy) is 2. The summed E-state index contributed by atoms with van der Waals surface area (Å²) < 4.78 is 11.2. The zero-order chi connectivity index (χ0) is 38.4. The maximum absolute atomic E-state index is 12.2. The smallest absolute Gasteiger partial charge is 0.306 e. The zero-order valence-electron chi connectivity index (χ0n) is 35.8. The molecule has 0 fully saturated rings. The second-order valence-corrected chi connectivity index (χ2v) is 15.8. The van der Waals surface area contributed by atoms with Gasteiger partial charge in [0, 0.05) is 13.0 Å². The van der Waals surface area contributed by atoms with Gasteiger partial charge < -0.3 is 14.6 Å². The lowest BCUT2D eigenvalue weighted by Gasteiger charge is -2.16. The van der Waals surface area contributed by atoms with E-state index in [0.29, 0.717) is 19.6 Å². The summed E-state index contributed by atoms with van der Waals surface area (Å²) >= 11 is 0. The molecule has 0 aromatic rings. The molecule has 0 amide bonds. The van der Waals surface area contributed by atoms with Gasteiger partial charge in [0.2, 0.25) is 0 Å². The van der Waals surface area contributed by atoms with Gasteiger partial charge in [-0.2, -0.15) is 0 Å². The van der Waals surface area contributed by atoms with Gasteiger partial charge in [0.1, 0.15) is 6.10 Å². The molecule has 1 unspecified atom stereocenters. The van der Waals surface area contributed by atoms with Crippen LogP contribution in [0, 0.1) is 0 Å². The highest BCUT2D eigenvalue weighted by Crippen LogP contribution is 2.16. The molecule has 0 spiro atoms. The number of aliphatic hydroxyl groups is 1. The normalized spacial score (nSPS) is 12.6. The first kappa shape index (κ1) is 51.6. The van der Waals surface area contributed by atoms with Crippen molar-refractivity contribution in [1.82, 2.24) is 0 Å². The molecule has 0 bridgehead atoms. The van der Waals surface area contributed by atoms with Gasteiger partial charge in [0.15, 0.2) is 0 Å². The summed E-state index contributed by atoms with van der Waals surface area (Å²) in [6.45, 7) is 5.26. The second-order valence-electron chi connectivity index (χ2n) is 15.8. The van der Waals surface area contributed by atoms with Crippen LogP contribution in [0.3, 0.4) is 0 Å². The fourth-order valence-corrected chi connectivity index (χ4v) is 6.99. The van der Waals surface area contributed by atoms with E-state index in [0.717, 1.165) is 38.5 Å². The number of hydrogen-bond acceptors (Lipinski definition) is 4.